The predicted molar refractivity (Wildman–Crippen MR) is 68.1 cm³/mol. The van der Waals surface area contributed by atoms with Crippen LogP contribution in [0.5, 0.6) is 0 Å². The smallest absolute Gasteiger partial charge is 0.338 e. The van der Waals surface area contributed by atoms with Crippen LogP contribution in [-0.4, -0.2) is 42.2 Å². The SMILES string of the molecule is COC(=O)c1ccnc(N2CCC(CC(=O)O)C2)c1. The number of ether oxygens (including phenoxy) is 1. The van der Waals surface area contributed by atoms with Gasteiger partial charge >= 0.3 is 11.9 Å². The number of esters is 1. The number of hydrogen-bond donors (Lipinski definition) is 1. The van der Waals surface area contributed by atoms with Gasteiger partial charge in [0.2, 0.25) is 0 Å². The number of pyridine rings is 1. The topological polar surface area (TPSA) is 79.7 Å². The summed E-state index contributed by atoms with van der Waals surface area (Å²) >= 11 is 0. The van der Waals surface area contributed by atoms with E-state index in [4.69, 9.17) is 5.11 Å². The average molecular weight is 264 g/mol. The van der Waals surface area contributed by atoms with Crippen molar-refractivity contribution in [2.45, 2.75) is 12.8 Å². The normalized spacial score (nSPS) is 18.4. The van der Waals surface area contributed by atoms with Gasteiger partial charge in [-0.1, -0.05) is 0 Å². The highest BCUT2D eigenvalue weighted by Gasteiger charge is 2.25. The van der Waals surface area contributed by atoms with Crippen molar-refractivity contribution in [3.05, 3.63) is 23.9 Å². The Morgan fingerprint density at radius 3 is 3.05 bits per heavy atom. The number of carboxylic acid groups (broad SMARTS) is 1. The van der Waals surface area contributed by atoms with E-state index in [0.717, 1.165) is 13.0 Å². The quantitative estimate of drug-likeness (QED) is 0.822. The number of methoxy groups -OCH3 is 1. The number of carbonyl (C=O) groups is 2. The molecule has 1 saturated heterocycles. The third-order valence-corrected chi connectivity index (χ3v) is 3.24. The monoisotopic (exact) mass is 264 g/mol. The fourth-order valence-electron chi connectivity index (χ4n) is 2.29. The molecule has 1 aromatic heterocycles. The molecule has 1 atom stereocenters. The van der Waals surface area contributed by atoms with Crippen molar-refractivity contribution in [2.75, 3.05) is 25.1 Å². The van der Waals surface area contributed by atoms with E-state index in [2.05, 4.69) is 9.72 Å². The van der Waals surface area contributed by atoms with Crippen LogP contribution in [-0.2, 0) is 9.53 Å². The van der Waals surface area contributed by atoms with Gasteiger partial charge in [0.05, 0.1) is 12.7 Å². The first kappa shape index (κ1) is 13.3. The Balaban J connectivity index is 2.07. The number of hydrogen-bond acceptors (Lipinski definition) is 5. The van der Waals surface area contributed by atoms with Crippen molar-refractivity contribution in [2.24, 2.45) is 5.92 Å². The highest BCUT2D eigenvalue weighted by atomic mass is 16.5. The van der Waals surface area contributed by atoms with Gasteiger partial charge in [0.1, 0.15) is 5.82 Å². The van der Waals surface area contributed by atoms with E-state index in [1.165, 1.54) is 7.11 Å². The van der Waals surface area contributed by atoms with Crippen molar-refractivity contribution in [3.8, 4) is 0 Å². The van der Waals surface area contributed by atoms with Crippen LogP contribution in [0.1, 0.15) is 23.2 Å². The number of aromatic nitrogens is 1. The van der Waals surface area contributed by atoms with Gasteiger partial charge in [-0.2, -0.15) is 0 Å². The molecule has 1 aliphatic heterocycles. The maximum atomic E-state index is 11.4. The summed E-state index contributed by atoms with van der Waals surface area (Å²) in [6.45, 7) is 1.42. The van der Waals surface area contributed by atoms with Crippen LogP contribution in [0.3, 0.4) is 0 Å². The average Bonchev–Trinajstić information content (AvgIpc) is 2.85. The zero-order valence-electron chi connectivity index (χ0n) is 10.7. The molecule has 19 heavy (non-hydrogen) atoms. The fraction of sp³-hybridized carbons (Fsp3) is 0.462. The number of anilines is 1. The molecule has 1 unspecified atom stereocenters. The van der Waals surface area contributed by atoms with Crippen molar-refractivity contribution >= 4 is 17.8 Å². The first-order valence-corrected chi connectivity index (χ1v) is 6.11. The zero-order chi connectivity index (χ0) is 13.8. The van der Waals surface area contributed by atoms with Gasteiger partial charge in [-0.25, -0.2) is 9.78 Å². The van der Waals surface area contributed by atoms with Crippen LogP contribution in [0.2, 0.25) is 0 Å². The van der Waals surface area contributed by atoms with E-state index in [1.807, 2.05) is 4.90 Å². The summed E-state index contributed by atoms with van der Waals surface area (Å²) in [6.07, 6.45) is 2.57. The summed E-state index contributed by atoms with van der Waals surface area (Å²) in [4.78, 5) is 28.4. The Bertz CT molecular complexity index is 489. The minimum absolute atomic E-state index is 0.140. The number of carboxylic acids is 1. The Morgan fingerprint density at radius 2 is 2.37 bits per heavy atom. The maximum Gasteiger partial charge on any atom is 0.338 e. The second-order valence-electron chi connectivity index (χ2n) is 4.59. The molecule has 0 saturated carbocycles. The van der Waals surface area contributed by atoms with Gasteiger partial charge in [-0.3, -0.25) is 4.79 Å². The Kier molecular flexibility index (Phi) is 3.99. The van der Waals surface area contributed by atoms with E-state index in [9.17, 15) is 9.59 Å². The van der Waals surface area contributed by atoms with E-state index >= 15 is 0 Å². The molecule has 102 valence electrons. The van der Waals surface area contributed by atoms with Crippen molar-refractivity contribution in [3.63, 3.8) is 0 Å². The van der Waals surface area contributed by atoms with Crippen LogP contribution in [0.25, 0.3) is 0 Å². The van der Waals surface area contributed by atoms with Crippen LogP contribution < -0.4 is 4.90 Å². The highest BCUT2D eigenvalue weighted by molar-refractivity contribution is 5.90. The summed E-state index contributed by atoms with van der Waals surface area (Å²) in [6, 6.07) is 3.27. The third kappa shape index (κ3) is 3.21. The molecule has 0 radical (unpaired) electrons. The maximum absolute atomic E-state index is 11.4. The van der Waals surface area contributed by atoms with E-state index < -0.39 is 11.9 Å². The molecule has 0 amide bonds. The largest absolute Gasteiger partial charge is 0.481 e. The lowest BCUT2D eigenvalue weighted by Gasteiger charge is -2.17. The van der Waals surface area contributed by atoms with E-state index in [-0.39, 0.29) is 12.3 Å². The van der Waals surface area contributed by atoms with Crippen LogP contribution >= 0.6 is 0 Å². The lowest BCUT2D eigenvalue weighted by molar-refractivity contribution is -0.137. The van der Waals surface area contributed by atoms with Gasteiger partial charge in [-0.15, -0.1) is 0 Å². The van der Waals surface area contributed by atoms with Gasteiger partial charge in [-0.05, 0) is 24.5 Å². The highest BCUT2D eigenvalue weighted by Crippen LogP contribution is 2.24. The second kappa shape index (κ2) is 5.69. The molecule has 1 fully saturated rings. The van der Waals surface area contributed by atoms with Crippen molar-refractivity contribution in [1.29, 1.82) is 0 Å². The number of nitrogens with zero attached hydrogens (tertiary/aromatic N) is 2. The minimum atomic E-state index is -0.775. The molecular formula is C13H16N2O4. The van der Waals surface area contributed by atoms with Crippen molar-refractivity contribution < 1.29 is 19.4 Å². The fourth-order valence-corrected chi connectivity index (χ4v) is 2.29. The minimum Gasteiger partial charge on any atom is -0.481 e. The molecule has 6 heteroatoms. The molecule has 0 spiro atoms. The van der Waals surface area contributed by atoms with Crippen molar-refractivity contribution in [1.82, 2.24) is 4.98 Å². The number of rotatable bonds is 4. The van der Waals surface area contributed by atoms with Gasteiger partial charge < -0.3 is 14.7 Å². The molecule has 2 rings (SSSR count). The molecule has 0 aliphatic carbocycles. The Morgan fingerprint density at radius 1 is 1.58 bits per heavy atom. The van der Waals surface area contributed by atoms with Gasteiger partial charge in [0.15, 0.2) is 0 Å². The lowest BCUT2D eigenvalue weighted by atomic mass is 10.1. The lowest BCUT2D eigenvalue weighted by Crippen LogP contribution is -2.22. The first-order valence-electron chi connectivity index (χ1n) is 6.11. The summed E-state index contributed by atoms with van der Waals surface area (Å²) in [5.41, 5.74) is 0.453. The van der Waals surface area contributed by atoms with E-state index in [0.29, 0.717) is 17.9 Å². The Hall–Kier alpha value is -2.11. The molecule has 0 bridgehead atoms. The molecule has 1 aromatic rings. The molecule has 1 aliphatic rings. The zero-order valence-corrected chi connectivity index (χ0v) is 10.7. The standard InChI is InChI=1S/C13H16N2O4/c1-19-13(18)10-2-4-14-11(7-10)15-5-3-9(8-15)6-12(16)17/h2,4,7,9H,3,5-6,8H2,1H3,(H,16,17). The molecule has 6 nitrogen and oxygen atoms in total. The second-order valence-corrected chi connectivity index (χ2v) is 4.59. The molecule has 2 heterocycles. The number of aliphatic carboxylic acids is 1. The third-order valence-electron chi connectivity index (χ3n) is 3.24. The van der Waals surface area contributed by atoms with Crippen LogP contribution in [0.4, 0.5) is 5.82 Å². The summed E-state index contributed by atoms with van der Waals surface area (Å²) in [5.74, 6) is -0.343. The molecule has 1 N–H and O–H groups in total. The predicted octanol–water partition coefficient (Wildman–Crippen LogP) is 1.17. The Labute approximate surface area is 111 Å². The van der Waals surface area contributed by atoms with Gasteiger partial charge in [0, 0.05) is 25.7 Å². The summed E-state index contributed by atoms with van der Waals surface area (Å²) in [5, 5.41) is 8.78. The number of carbonyl (C=O) groups excluding carboxylic acids is 1. The van der Waals surface area contributed by atoms with Gasteiger partial charge in [0.25, 0.3) is 0 Å². The molecule has 0 aromatic carbocycles. The summed E-state index contributed by atoms with van der Waals surface area (Å²) in [7, 11) is 1.33. The summed E-state index contributed by atoms with van der Waals surface area (Å²) < 4.78 is 4.66. The first-order chi connectivity index (χ1) is 9.10. The van der Waals surface area contributed by atoms with Crippen LogP contribution in [0, 0.1) is 5.92 Å². The molecular weight excluding hydrogens is 248 g/mol. The van der Waals surface area contributed by atoms with E-state index in [1.54, 1.807) is 18.3 Å². The van der Waals surface area contributed by atoms with Crippen LogP contribution in [0.15, 0.2) is 18.3 Å².